The second kappa shape index (κ2) is 4.08. The molecular weight excluding hydrogens is 189 g/mol. The molecular formula is C10H8BN3O. The third kappa shape index (κ3) is 1.96. The molecule has 0 amide bonds. The number of hydrogen-bond acceptors (Lipinski definition) is 4. The topological polar surface area (TPSA) is 58.9 Å². The van der Waals surface area contributed by atoms with E-state index in [1.807, 2.05) is 0 Å². The van der Waals surface area contributed by atoms with E-state index in [0.717, 1.165) is 0 Å². The van der Waals surface area contributed by atoms with Gasteiger partial charge < -0.3 is 5.11 Å². The molecule has 1 N–H and O–H groups in total. The van der Waals surface area contributed by atoms with Crippen LogP contribution in [0.2, 0.25) is 0 Å². The first kappa shape index (κ1) is 9.64. The molecule has 0 bridgehead atoms. The summed E-state index contributed by atoms with van der Waals surface area (Å²) in [4.78, 5) is 4.07. The molecule has 5 heteroatoms. The third-order valence-corrected chi connectivity index (χ3v) is 1.96. The van der Waals surface area contributed by atoms with Crippen LogP contribution in [0.15, 0.2) is 30.5 Å². The summed E-state index contributed by atoms with van der Waals surface area (Å²) in [5.41, 5.74) is 1.18. The number of para-hydroxylation sites is 1. The molecule has 0 spiro atoms. The van der Waals surface area contributed by atoms with E-state index in [1.54, 1.807) is 30.5 Å². The molecule has 4 nitrogen and oxygen atoms in total. The maximum Gasteiger partial charge on any atom is 0.185 e. The highest BCUT2D eigenvalue weighted by molar-refractivity contribution is 6.08. The van der Waals surface area contributed by atoms with Gasteiger partial charge in [-0.3, -0.25) is 0 Å². The van der Waals surface area contributed by atoms with Crippen LogP contribution < -0.4 is 0 Å². The molecule has 2 rings (SSSR count). The van der Waals surface area contributed by atoms with Gasteiger partial charge in [-0.1, -0.05) is 12.1 Å². The Kier molecular flexibility index (Phi) is 2.62. The molecule has 1 heterocycles. The van der Waals surface area contributed by atoms with E-state index in [1.165, 1.54) is 0 Å². The minimum Gasteiger partial charge on any atom is -0.507 e. The Morgan fingerprint density at radius 1 is 1.20 bits per heavy atom. The molecule has 0 aliphatic heterocycles. The van der Waals surface area contributed by atoms with E-state index in [2.05, 4.69) is 15.2 Å². The number of nitrogens with zero attached hydrogens (tertiary/aromatic N) is 3. The monoisotopic (exact) mass is 197 g/mol. The molecule has 2 aromatic rings. The molecule has 0 aliphatic rings. The van der Waals surface area contributed by atoms with E-state index in [-0.39, 0.29) is 5.75 Å². The van der Waals surface area contributed by atoms with Crippen molar-refractivity contribution in [3.05, 3.63) is 36.2 Å². The smallest absolute Gasteiger partial charge is 0.185 e. The molecule has 1 aromatic carbocycles. The summed E-state index contributed by atoms with van der Waals surface area (Å²) >= 11 is 0. The second-order valence-corrected chi connectivity index (χ2v) is 2.99. The van der Waals surface area contributed by atoms with Gasteiger partial charge in [0, 0.05) is 0 Å². The van der Waals surface area contributed by atoms with Gasteiger partial charge in [-0.2, -0.15) is 5.10 Å². The molecule has 72 valence electrons. The fourth-order valence-corrected chi connectivity index (χ4v) is 1.18. The molecule has 0 saturated heterocycles. The standard InChI is InChI=1S/C10H8BN3O/c11-5-7-6-12-10(14-13-7)8-3-1-2-4-9(8)15/h1-4,6,15H,5H2. The predicted molar refractivity (Wildman–Crippen MR) is 56.4 cm³/mol. The van der Waals surface area contributed by atoms with Crippen molar-refractivity contribution in [1.29, 1.82) is 0 Å². The Labute approximate surface area is 88.4 Å². The third-order valence-electron chi connectivity index (χ3n) is 1.96. The number of phenols is 1. The van der Waals surface area contributed by atoms with Crippen LogP contribution in [0.1, 0.15) is 5.69 Å². The van der Waals surface area contributed by atoms with Gasteiger partial charge in [-0.25, -0.2) is 4.98 Å². The number of benzene rings is 1. The zero-order valence-electron chi connectivity index (χ0n) is 7.96. The minimum absolute atomic E-state index is 0.139. The molecule has 0 atom stereocenters. The van der Waals surface area contributed by atoms with Crippen molar-refractivity contribution < 1.29 is 5.11 Å². The van der Waals surface area contributed by atoms with Crippen molar-refractivity contribution >= 4 is 7.85 Å². The van der Waals surface area contributed by atoms with Gasteiger partial charge >= 0.3 is 0 Å². The zero-order valence-corrected chi connectivity index (χ0v) is 7.96. The summed E-state index contributed by atoms with van der Waals surface area (Å²) in [6, 6.07) is 6.85. The van der Waals surface area contributed by atoms with Crippen LogP contribution >= 0.6 is 0 Å². The fraction of sp³-hybridized carbons (Fsp3) is 0.100. The van der Waals surface area contributed by atoms with Crippen molar-refractivity contribution in [3.8, 4) is 17.1 Å². The molecule has 15 heavy (non-hydrogen) atoms. The Morgan fingerprint density at radius 3 is 2.60 bits per heavy atom. The van der Waals surface area contributed by atoms with E-state index < -0.39 is 0 Å². The molecule has 0 aliphatic carbocycles. The summed E-state index contributed by atoms with van der Waals surface area (Å²) in [5, 5.41) is 17.3. The largest absolute Gasteiger partial charge is 0.507 e. The lowest BCUT2D eigenvalue weighted by Gasteiger charge is -2.01. The Balaban J connectivity index is 2.42. The maximum atomic E-state index is 9.56. The van der Waals surface area contributed by atoms with E-state index >= 15 is 0 Å². The Bertz CT molecular complexity index is 458. The SMILES string of the molecule is [B]Cc1cnc(-c2ccccc2O)nn1. The first-order valence-corrected chi connectivity index (χ1v) is 4.48. The van der Waals surface area contributed by atoms with Gasteiger partial charge in [0.15, 0.2) is 5.82 Å². The van der Waals surface area contributed by atoms with Crippen molar-refractivity contribution in [1.82, 2.24) is 15.2 Å². The molecule has 2 radical (unpaired) electrons. The number of hydrogen-bond donors (Lipinski definition) is 1. The van der Waals surface area contributed by atoms with E-state index in [4.69, 9.17) is 7.85 Å². The van der Waals surface area contributed by atoms with Gasteiger partial charge in [0.05, 0.1) is 25.3 Å². The average Bonchev–Trinajstić information content (AvgIpc) is 2.30. The van der Waals surface area contributed by atoms with Crippen LogP contribution in [0.25, 0.3) is 11.4 Å². The van der Waals surface area contributed by atoms with Crippen LogP contribution in [-0.2, 0) is 6.32 Å². The maximum absolute atomic E-state index is 9.56. The quantitative estimate of drug-likeness (QED) is 0.727. The second-order valence-electron chi connectivity index (χ2n) is 2.99. The highest BCUT2D eigenvalue weighted by Crippen LogP contribution is 2.24. The van der Waals surface area contributed by atoms with Gasteiger partial charge in [-0.15, -0.1) is 5.10 Å². The highest BCUT2D eigenvalue weighted by Gasteiger charge is 2.06. The van der Waals surface area contributed by atoms with Gasteiger partial charge in [-0.05, 0) is 18.5 Å². The van der Waals surface area contributed by atoms with Crippen LogP contribution in [0.3, 0.4) is 0 Å². The van der Waals surface area contributed by atoms with Gasteiger partial charge in [0.25, 0.3) is 0 Å². The first-order valence-electron chi connectivity index (χ1n) is 4.48. The summed E-state index contributed by atoms with van der Waals surface area (Å²) in [7, 11) is 5.38. The van der Waals surface area contributed by atoms with Crippen molar-refractivity contribution in [2.24, 2.45) is 0 Å². The normalized spacial score (nSPS) is 10.1. The van der Waals surface area contributed by atoms with Crippen molar-refractivity contribution in [3.63, 3.8) is 0 Å². The minimum atomic E-state index is 0.139. The summed E-state index contributed by atoms with van der Waals surface area (Å²) in [5.74, 6) is 0.532. The fourth-order valence-electron chi connectivity index (χ4n) is 1.18. The first-order chi connectivity index (χ1) is 7.31. The lowest BCUT2D eigenvalue weighted by Crippen LogP contribution is -1.97. The van der Waals surface area contributed by atoms with Crippen molar-refractivity contribution in [2.75, 3.05) is 0 Å². The van der Waals surface area contributed by atoms with Gasteiger partial charge in [0.2, 0.25) is 0 Å². The summed E-state index contributed by atoms with van der Waals surface area (Å²) < 4.78 is 0. The lowest BCUT2D eigenvalue weighted by molar-refractivity contribution is 0.476. The highest BCUT2D eigenvalue weighted by atomic mass is 16.3. The Morgan fingerprint density at radius 2 is 2.00 bits per heavy atom. The predicted octanol–water partition coefficient (Wildman–Crippen LogP) is 0.913. The number of aromatic nitrogens is 3. The number of aromatic hydroxyl groups is 1. The zero-order chi connectivity index (χ0) is 10.7. The van der Waals surface area contributed by atoms with Crippen LogP contribution in [0, 0.1) is 0 Å². The number of phenolic OH excluding ortho intramolecular Hbond substituents is 1. The Hall–Kier alpha value is -1.91. The van der Waals surface area contributed by atoms with Crippen LogP contribution in [0.5, 0.6) is 5.75 Å². The lowest BCUT2D eigenvalue weighted by atomic mass is 10.0. The molecule has 0 fully saturated rings. The number of rotatable bonds is 2. The van der Waals surface area contributed by atoms with Crippen molar-refractivity contribution in [2.45, 2.75) is 6.32 Å². The van der Waals surface area contributed by atoms with Crippen LogP contribution in [-0.4, -0.2) is 28.1 Å². The summed E-state index contributed by atoms with van der Waals surface area (Å²) in [6.07, 6.45) is 1.86. The van der Waals surface area contributed by atoms with Crippen LogP contribution in [0.4, 0.5) is 0 Å². The molecule has 0 unspecified atom stereocenters. The van der Waals surface area contributed by atoms with E-state index in [9.17, 15) is 5.11 Å². The molecule has 0 saturated carbocycles. The van der Waals surface area contributed by atoms with Gasteiger partial charge in [0.1, 0.15) is 5.75 Å². The average molecular weight is 197 g/mol. The molecule has 1 aromatic heterocycles. The summed E-state index contributed by atoms with van der Waals surface area (Å²) in [6.45, 7) is 0. The van der Waals surface area contributed by atoms with E-state index in [0.29, 0.717) is 23.4 Å².